The number of alkyl halides is 2. The highest BCUT2D eigenvalue weighted by Gasteiger charge is 2.14. The molecule has 0 unspecified atom stereocenters. The molecule has 0 radical (unpaired) electrons. The van der Waals surface area contributed by atoms with Crippen molar-refractivity contribution in [1.29, 1.82) is 0 Å². The Labute approximate surface area is 73.4 Å². The monoisotopic (exact) mass is 192 g/mol. The Hall–Kier alpha value is -0.900. The van der Waals surface area contributed by atoms with Crippen molar-refractivity contribution in [3.63, 3.8) is 0 Å². The van der Waals surface area contributed by atoms with E-state index in [4.69, 9.17) is 17.3 Å². The van der Waals surface area contributed by atoms with Gasteiger partial charge in [0.2, 0.25) is 0 Å². The fourth-order valence-corrected chi connectivity index (χ4v) is 1.01. The summed E-state index contributed by atoms with van der Waals surface area (Å²) in [5.74, 6) is 0. The second kappa shape index (κ2) is 3.23. The summed E-state index contributed by atoms with van der Waals surface area (Å²) in [7, 11) is 0. The van der Waals surface area contributed by atoms with Gasteiger partial charge in [-0.25, -0.2) is 13.8 Å². The Bertz CT molecular complexity index is 302. The van der Waals surface area contributed by atoms with Gasteiger partial charge in [-0.2, -0.15) is 0 Å². The minimum absolute atomic E-state index is 0.0897. The summed E-state index contributed by atoms with van der Waals surface area (Å²) in [4.78, 5) is 3.56. The predicted molar refractivity (Wildman–Crippen MR) is 43.4 cm³/mol. The van der Waals surface area contributed by atoms with Gasteiger partial charge >= 0.3 is 0 Å². The number of aromatic nitrogens is 1. The van der Waals surface area contributed by atoms with Crippen LogP contribution in [0.5, 0.6) is 0 Å². The summed E-state index contributed by atoms with van der Waals surface area (Å²) in [5, 5.41) is -0.0897. The molecule has 0 amide bonds. The Morgan fingerprint density at radius 2 is 2.17 bits per heavy atom. The van der Waals surface area contributed by atoms with E-state index in [1.54, 1.807) is 6.92 Å². The third kappa shape index (κ3) is 1.64. The minimum Gasteiger partial charge on any atom is -0.397 e. The molecule has 0 aliphatic heterocycles. The molecule has 1 aromatic rings. The normalized spacial score (nSPS) is 10.8. The Kier molecular flexibility index (Phi) is 2.47. The number of nitrogens with zero attached hydrogens (tertiary/aromatic N) is 1. The standard InChI is InChI=1S/C7H7ClF2N2/c1-3-5(11)2-4(8)6(12-3)7(9)10/h2,7H,11H2,1H3. The van der Waals surface area contributed by atoms with Gasteiger partial charge in [-0.15, -0.1) is 0 Å². The molecule has 0 atom stereocenters. The van der Waals surface area contributed by atoms with E-state index in [1.165, 1.54) is 6.07 Å². The molecule has 0 saturated heterocycles. The predicted octanol–water partition coefficient (Wildman–Crippen LogP) is 2.56. The smallest absolute Gasteiger partial charge is 0.281 e. The van der Waals surface area contributed by atoms with Gasteiger partial charge in [0.25, 0.3) is 6.43 Å². The second-order valence-electron chi connectivity index (χ2n) is 2.33. The molecule has 1 aromatic heterocycles. The fraction of sp³-hybridized carbons (Fsp3) is 0.286. The molecule has 1 heterocycles. The lowest BCUT2D eigenvalue weighted by molar-refractivity contribution is 0.146. The van der Waals surface area contributed by atoms with Crippen molar-refractivity contribution in [1.82, 2.24) is 4.98 Å². The number of hydrogen-bond donors (Lipinski definition) is 1. The van der Waals surface area contributed by atoms with Crippen LogP contribution in [0, 0.1) is 6.92 Å². The van der Waals surface area contributed by atoms with E-state index >= 15 is 0 Å². The first kappa shape index (κ1) is 9.19. The summed E-state index contributed by atoms with van der Waals surface area (Å²) in [6.07, 6.45) is -2.66. The molecule has 12 heavy (non-hydrogen) atoms. The molecule has 0 bridgehead atoms. The van der Waals surface area contributed by atoms with Gasteiger partial charge in [0.1, 0.15) is 5.69 Å². The molecule has 0 saturated carbocycles. The first-order chi connectivity index (χ1) is 5.52. The molecule has 5 heteroatoms. The van der Waals surface area contributed by atoms with E-state index < -0.39 is 12.1 Å². The van der Waals surface area contributed by atoms with Crippen LogP contribution in [0.4, 0.5) is 14.5 Å². The van der Waals surface area contributed by atoms with Gasteiger partial charge in [-0.3, -0.25) is 0 Å². The topological polar surface area (TPSA) is 38.9 Å². The van der Waals surface area contributed by atoms with E-state index in [-0.39, 0.29) is 5.02 Å². The van der Waals surface area contributed by atoms with Crippen LogP contribution in [-0.4, -0.2) is 4.98 Å². The number of nitrogen functional groups attached to an aromatic ring is 1. The van der Waals surface area contributed by atoms with Crippen LogP contribution >= 0.6 is 11.6 Å². The molecule has 2 nitrogen and oxygen atoms in total. The summed E-state index contributed by atoms with van der Waals surface area (Å²) < 4.78 is 24.3. The highest BCUT2D eigenvalue weighted by atomic mass is 35.5. The van der Waals surface area contributed by atoms with Gasteiger partial charge in [-0.1, -0.05) is 11.6 Å². The summed E-state index contributed by atoms with van der Waals surface area (Å²) in [6, 6.07) is 1.28. The van der Waals surface area contributed by atoms with E-state index in [9.17, 15) is 8.78 Å². The highest BCUT2D eigenvalue weighted by Crippen LogP contribution is 2.27. The third-order valence-corrected chi connectivity index (χ3v) is 1.74. The van der Waals surface area contributed by atoms with E-state index in [0.29, 0.717) is 11.4 Å². The summed E-state index contributed by atoms with van der Waals surface area (Å²) >= 11 is 5.47. The highest BCUT2D eigenvalue weighted by molar-refractivity contribution is 6.31. The van der Waals surface area contributed by atoms with Crippen LogP contribution in [0.25, 0.3) is 0 Å². The largest absolute Gasteiger partial charge is 0.397 e. The Morgan fingerprint density at radius 1 is 1.58 bits per heavy atom. The van der Waals surface area contributed by atoms with Crippen molar-refractivity contribution >= 4 is 17.3 Å². The van der Waals surface area contributed by atoms with E-state index in [1.807, 2.05) is 0 Å². The van der Waals surface area contributed by atoms with Crippen molar-refractivity contribution in [3.05, 3.63) is 22.5 Å². The minimum atomic E-state index is -2.66. The molecule has 0 aliphatic carbocycles. The molecular weight excluding hydrogens is 186 g/mol. The van der Waals surface area contributed by atoms with E-state index in [2.05, 4.69) is 4.98 Å². The number of halogens is 3. The lowest BCUT2D eigenvalue weighted by atomic mass is 10.3. The number of rotatable bonds is 1. The van der Waals surface area contributed by atoms with Gasteiger partial charge in [0, 0.05) is 0 Å². The zero-order chi connectivity index (χ0) is 9.30. The molecule has 0 aromatic carbocycles. The molecule has 1 rings (SSSR count). The van der Waals surface area contributed by atoms with Gasteiger partial charge < -0.3 is 5.73 Å². The zero-order valence-electron chi connectivity index (χ0n) is 6.31. The number of nitrogens with two attached hydrogens (primary N) is 1. The first-order valence-corrected chi connectivity index (χ1v) is 3.61. The molecule has 0 aliphatic rings. The fourth-order valence-electron chi connectivity index (χ4n) is 0.767. The van der Waals surface area contributed by atoms with Crippen molar-refractivity contribution in [3.8, 4) is 0 Å². The summed E-state index contributed by atoms with van der Waals surface area (Å²) in [6.45, 7) is 1.55. The Morgan fingerprint density at radius 3 is 2.67 bits per heavy atom. The van der Waals surface area contributed by atoms with Crippen molar-refractivity contribution in [2.24, 2.45) is 0 Å². The van der Waals surface area contributed by atoms with Crippen LogP contribution in [0.1, 0.15) is 17.8 Å². The molecule has 0 fully saturated rings. The van der Waals surface area contributed by atoms with Crippen LogP contribution in [0.15, 0.2) is 6.07 Å². The second-order valence-corrected chi connectivity index (χ2v) is 2.74. The average molecular weight is 193 g/mol. The first-order valence-electron chi connectivity index (χ1n) is 3.23. The molecule has 66 valence electrons. The van der Waals surface area contributed by atoms with Crippen LogP contribution in [-0.2, 0) is 0 Å². The van der Waals surface area contributed by atoms with Crippen molar-refractivity contribution in [2.45, 2.75) is 13.3 Å². The average Bonchev–Trinajstić information content (AvgIpc) is 1.96. The van der Waals surface area contributed by atoms with Crippen LogP contribution in [0.2, 0.25) is 5.02 Å². The quantitative estimate of drug-likeness (QED) is 0.743. The van der Waals surface area contributed by atoms with E-state index in [0.717, 1.165) is 0 Å². The van der Waals surface area contributed by atoms with Gasteiger partial charge in [0.05, 0.1) is 16.4 Å². The van der Waals surface area contributed by atoms with Crippen LogP contribution < -0.4 is 5.73 Å². The number of aryl methyl sites for hydroxylation is 1. The molecule has 2 N–H and O–H groups in total. The molecular formula is C7H7ClF2N2. The number of pyridine rings is 1. The SMILES string of the molecule is Cc1nc(C(F)F)c(Cl)cc1N. The number of hydrogen-bond acceptors (Lipinski definition) is 2. The zero-order valence-corrected chi connectivity index (χ0v) is 7.07. The maximum Gasteiger partial charge on any atom is 0.281 e. The summed E-state index contributed by atoms with van der Waals surface area (Å²) in [5.41, 5.74) is 5.68. The maximum absolute atomic E-state index is 12.2. The third-order valence-electron chi connectivity index (χ3n) is 1.44. The van der Waals surface area contributed by atoms with Crippen molar-refractivity contribution < 1.29 is 8.78 Å². The Balaban J connectivity index is 3.23. The lowest BCUT2D eigenvalue weighted by Crippen LogP contribution is -1.98. The number of anilines is 1. The van der Waals surface area contributed by atoms with Crippen molar-refractivity contribution in [2.75, 3.05) is 5.73 Å². The van der Waals surface area contributed by atoms with Gasteiger partial charge in [0.15, 0.2) is 0 Å². The lowest BCUT2D eigenvalue weighted by Gasteiger charge is -2.05. The molecule has 0 spiro atoms. The van der Waals surface area contributed by atoms with Crippen LogP contribution in [0.3, 0.4) is 0 Å². The maximum atomic E-state index is 12.2. The van der Waals surface area contributed by atoms with Gasteiger partial charge in [-0.05, 0) is 13.0 Å².